The zero-order valence-corrected chi connectivity index (χ0v) is 19.9. The van der Waals surface area contributed by atoms with Crippen LogP contribution in [0.2, 0.25) is 0 Å². The molecule has 0 aromatic heterocycles. The third-order valence-corrected chi connectivity index (χ3v) is 7.51. The molecular weight excluding hydrogens is 404 g/mol. The summed E-state index contributed by atoms with van der Waals surface area (Å²) in [5.41, 5.74) is 0.951. The minimum atomic E-state index is -0.566. The van der Waals surface area contributed by atoms with Crippen LogP contribution in [0.15, 0.2) is 30.3 Å². The van der Waals surface area contributed by atoms with Gasteiger partial charge in [-0.25, -0.2) is 0 Å². The number of aliphatic hydroxyl groups excluding tert-OH is 1. The van der Waals surface area contributed by atoms with E-state index in [4.69, 9.17) is 0 Å². The summed E-state index contributed by atoms with van der Waals surface area (Å²) in [6.45, 7) is 9.55. The van der Waals surface area contributed by atoms with Gasteiger partial charge >= 0.3 is 0 Å². The SMILES string of the molecule is CCN1CCN(CC(=O)N(C)[C@@H]2CC[C@@](CNC(C)=O)(c3ccccc3)CC[C@H]2O)CC1. The van der Waals surface area contributed by atoms with Gasteiger partial charge in [0.15, 0.2) is 0 Å². The first kappa shape index (κ1) is 24.7. The third-order valence-electron chi connectivity index (χ3n) is 7.51. The van der Waals surface area contributed by atoms with E-state index in [0.29, 0.717) is 25.9 Å². The molecule has 2 aliphatic rings. The number of nitrogens with one attached hydrogen (secondary N) is 1. The molecule has 0 unspecified atom stereocenters. The van der Waals surface area contributed by atoms with Gasteiger partial charge in [-0.05, 0) is 37.8 Å². The standard InChI is InChI=1S/C25H40N4O3/c1-4-28-14-16-29(17-15-28)18-24(32)27(3)22-10-12-25(13-11-23(22)31,19-26-20(2)30)21-8-6-5-7-9-21/h5-9,22-23,31H,4,10-19H2,1-3H3,(H,26,30)/t22-,23-,25-/m1/s1. The van der Waals surface area contributed by atoms with E-state index < -0.39 is 6.10 Å². The first-order valence-electron chi connectivity index (χ1n) is 12.0. The number of rotatable bonds is 7. The van der Waals surface area contributed by atoms with Gasteiger partial charge in [-0.15, -0.1) is 0 Å². The van der Waals surface area contributed by atoms with Crippen LogP contribution in [0, 0.1) is 0 Å². The molecule has 3 rings (SSSR count). The summed E-state index contributed by atoms with van der Waals surface area (Å²) in [4.78, 5) is 31.1. The zero-order chi connectivity index (χ0) is 23.1. The summed E-state index contributed by atoms with van der Waals surface area (Å²) in [7, 11) is 1.84. The Hall–Kier alpha value is -1.96. The lowest BCUT2D eigenvalue weighted by atomic mass is 9.74. The molecule has 2 amide bonds. The average Bonchev–Trinajstić information content (AvgIpc) is 2.98. The number of likely N-dealkylation sites (N-methyl/N-ethyl adjacent to an activating group) is 2. The van der Waals surface area contributed by atoms with Crippen LogP contribution in [0.5, 0.6) is 0 Å². The minimum Gasteiger partial charge on any atom is -0.391 e. The average molecular weight is 445 g/mol. The van der Waals surface area contributed by atoms with Gasteiger partial charge in [-0.1, -0.05) is 37.3 Å². The van der Waals surface area contributed by atoms with Crippen molar-refractivity contribution < 1.29 is 14.7 Å². The molecule has 0 radical (unpaired) electrons. The van der Waals surface area contributed by atoms with Crippen molar-refractivity contribution in [3.05, 3.63) is 35.9 Å². The first-order valence-corrected chi connectivity index (χ1v) is 12.0. The van der Waals surface area contributed by atoms with E-state index >= 15 is 0 Å². The van der Waals surface area contributed by atoms with Crippen LogP contribution in [0.1, 0.15) is 45.1 Å². The summed E-state index contributed by atoms with van der Waals surface area (Å²) in [5, 5.41) is 14.0. The predicted molar refractivity (Wildman–Crippen MR) is 126 cm³/mol. The Morgan fingerprint density at radius 3 is 2.34 bits per heavy atom. The molecule has 1 aliphatic carbocycles. The van der Waals surface area contributed by atoms with E-state index in [9.17, 15) is 14.7 Å². The van der Waals surface area contributed by atoms with Crippen molar-refractivity contribution in [2.24, 2.45) is 0 Å². The lowest BCUT2D eigenvalue weighted by Gasteiger charge is -2.36. The predicted octanol–water partition coefficient (Wildman–Crippen LogP) is 1.46. The number of carbonyl (C=O) groups excluding carboxylic acids is 2. The van der Waals surface area contributed by atoms with Crippen LogP contribution >= 0.6 is 0 Å². The molecule has 1 heterocycles. The van der Waals surface area contributed by atoms with Gasteiger partial charge in [-0.2, -0.15) is 0 Å². The maximum absolute atomic E-state index is 13.1. The fraction of sp³-hybridized carbons (Fsp3) is 0.680. The van der Waals surface area contributed by atoms with E-state index in [0.717, 1.165) is 45.6 Å². The van der Waals surface area contributed by atoms with Crippen molar-refractivity contribution in [1.82, 2.24) is 20.0 Å². The Morgan fingerprint density at radius 2 is 1.72 bits per heavy atom. The highest BCUT2D eigenvalue weighted by molar-refractivity contribution is 5.78. The molecule has 0 spiro atoms. The second-order valence-electron chi connectivity index (χ2n) is 9.48. The van der Waals surface area contributed by atoms with Crippen LogP contribution in [-0.2, 0) is 15.0 Å². The largest absolute Gasteiger partial charge is 0.391 e. The van der Waals surface area contributed by atoms with E-state index in [-0.39, 0.29) is 23.3 Å². The Kier molecular flexibility index (Phi) is 8.68. The van der Waals surface area contributed by atoms with E-state index in [1.807, 2.05) is 25.2 Å². The molecule has 178 valence electrons. The normalized spacial score (nSPS) is 27.5. The molecule has 0 bridgehead atoms. The fourth-order valence-corrected chi connectivity index (χ4v) is 5.21. The number of carbonyl (C=O) groups is 2. The smallest absolute Gasteiger partial charge is 0.236 e. The van der Waals surface area contributed by atoms with Gasteiger partial charge < -0.3 is 20.2 Å². The topological polar surface area (TPSA) is 76.1 Å². The molecular formula is C25H40N4O3. The van der Waals surface area contributed by atoms with E-state index in [1.165, 1.54) is 5.56 Å². The Bertz CT molecular complexity index is 751. The summed E-state index contributed by atoms with van der Waals surface area (Å²) in [6.07, 6.45) is 2.33. The summed E-state index contributed by atoms with van der Waals surface area (Å²) in [6, 6.07) is 10.1. The van der Waals surface area contributed by atoms with Gasteiger partial charge in [0.25, 0.3) is 0 Å². The number of amides is 2. The summed E-state index contributed by atoms with van der Waals surface area (Å²) in [5.74, 6) is 0.0326. The number of hydrogen-bond acceptors (Lipinski definition) is 5. The second kappa shape index (κ2) is 11.3. The molecule has 2 fully saturated rings. The van der Waals surface area contributed by atoms with Crippen molar-refractivity contribution in [1.29, 1.82) is 0 Å². The number of hydrogen-bond donors (Lipinski definition) is 2. The number of nitrogens with zero attached hydrogens (tertiary/aromatic N) is 3. The second-order valence-corrected chi connectivity index (χ2v) is 9.48. The van der Waals surface area contributed by atoms with E-state index in [2.05, 4.69) is 34.2 Å². The maximum Gasteiger partial charge on any atom is 0.236 e. The van der Waals surface area contributed by atoms with Gasteiger partial charge in [0, 0.05) is 52.1 Å². The Morgan fingerprint density at radius 1 is 1.09 bits per heavy atom. The summed E-state index contributed by atoms with van der Waals surface area (Å²) < 4.78 is 0. The molecule has 1 saturated carbocycles. The summed E-state index contributed by atoms with van der Waals surface area (Å²) >= 11 is 0. The molecule has 32 heavy (non-hydrogen) atoms. The Balaban J connectivity index is 1.67. The van der Waals surface area contributed by atoms with Crippen molar-refractivity contribution in [2.45, 2.75) is 57.1 Å². The molecule has 7 nitrogen and oxygen atoms in total. The molecule has 2 N–H and O–H groups in total. The lowest BCUT2D eigenvalue weighted by Crippen LogP contribution is -2.52. The van der Waals surface area contributed by atoms with Crippen molar-refractivity contribution in [3.63, 3.8) is 0 Å². The lowest BCUT2D eigenvalue weighted by molar-refractivity contribution is -0.136. The quantitative estimate of drug-likeness (QED) is 0.623. The van der Waals surface area contributed by atoms with Crippen LogP contribution in [0.4, 0.5) is 0 Å². The molecule has 7 heteroatoms. The number of aliphatic hydroxyl groups is 1. The van der Waals surface area contributed by atoms with Crippen LogP contribution in [-0.4, -0.2) is 96.6 Å². The van der Waals surface area contributed by atoms with Crippen LogP contribution < -0.4 is 5.32 Å². The van der Waals surface area contributed by atoms with Gasteiger partial charge in [0.05, 0.1) is 18.7 Å². The molecule has 1 aliphatic heterocycles. The number of piperazine rings is 1. The third kappa shape index (κ3) is 6.09. The highest BCUT2D eigenvalue weighted by Crippen LogP contribution is 2.39. The maximum atomic E-state index is 13.1. The van der Waals surface area contributed by atoms with Crippen molar-refractivity contribution in [2.75, 3.05) is 52.9 Å². The van der Waals surface area contributed by atoms with Gasteiger partial charge in [-0.3, -0.25) is 14.5 Å². The highest BCUT2D eigenvalue weighted by atomic mass is 16.3. The molecule has 3 atom stereocenters. The highest BCUT2D eigenvalue weighted by Gasteiger charge is 2.40. The molecule has 1 aromatic carbocycles. The first-order chi connectivity index (χ1) is 15.3. The number of benzene rings is 1. The molecule has 1 saturated heterocycles. The monoisotopic (exact) mass is 444 g/mol. The Labute approximate surface area is 192 Å². The fourth-order valence-electron chi connectivity index (χ4n) is 5.21. The van der Waals surface area contributed by atoms with E-state index in [1.54, 1.807) is 11.8 Å². The van der Waals surface area contributed by atoms with Gasteiger partial charge in [0.2, 0.25) is 11.8 Å². The van der Waals surface area contributed by atoms with Crippen molar-refractivity contribution in [3.8, 4) is 0 Å². The van der Waals surface area contributed by atoms with Gasteiger partial charge in [0.1, 0.15) is 0 Å². The zero-order valence-electron chi connectivity index (χ0n) is 19.9. The van der Waals surface area contributed by atoms with Crippen molar-refractivity contribution >= 4 is 11.8 Å². The van der Waals surface area contributed by atoms with Crippen LogP contribution in [0.25, 0.3) is 0 Å². The molecule has 1 aromatic rings. The minimum absolute atomic E-state index is 0.0443. The van der Waals surface area contributed by atoms with Crippen LogP contribution in [0.3, 0.4) is 0 Å².